The van der Waals surface area contributed by atoms with Gasteiger partial charge in [-0.3, -0.25) is 19.8 Å². The molecule has 66 valence electrons. The Kier molecular flexibility index (Phi) is 1.99. The quantitative estimate of drug-likeness (QED) is 0.478. The summed E-state index contributed by atoms with van der Waals surface area (Å²) in [5.74, 6) is -0.852. The summed E-state index contributed by atoms with van der Waals surface area (Å²) in [5, 5.41) is 4.38. The first-order valence-corrected chi connectivity index (χ1v) is 3.37. The maximum atomic E-state index is 10.9. The van der Waals surface area contributed by atoms with Crippen LogP contribution in [0, 0.1) is 0 Å². The molecule has 1 aliphatic heterocycles. The molecule has 12 heavy (non-hydrogen) atoms. The van der Waals surface area contributed by atoms with Gasteiger partial charge in [0.1, 0.15) is 0 Å². The van der Waals surface area contributed by atoms with Gasteiger partial charge in [-0.05, 0) is 0 Å². The van der Waals surface area contributed by atoms with E-state index in [1.807, 2.05) is 0 Å². The lowest BCUT2D eigenvalue weighted by Crippen LogP contribution is -2.46. The highest BCUT2D eigenvalue weighted by Gasteiger charge is 2.35. The number of nitrogens with zero attached hydrogens (tertiary/aromatic N) is 1. The standard InChI is InChI=1S/C6H9N3O3/c1-3(10)7-4-5(11)8-6(12)9(4)2/h4H,1-2H3,(H,7,10)(H,8,11,12). The summed E-state index contributed by atoms with van der Waals surface area (Å²) < 4.78 is 0. The molecule has 1 atom stereocenters. The number of hydrogen-bond acceptors (Lipinski definition) is 3. The number of imide groups is 1. The maximum absolute atomic E-state index is 10.9. The van der Waals surface area contributed by atoms with E-state index in [4.69, 9.17) is 0 Å². The Morgan fingerprint density at radius 3 is 2.50 bits per heavy atom. The zero-order valence-corrected chi connectivity index (χ0v) is 6.75. The van der Waals surface area contributed by atoms with Gasteiger partial charge < -0.3 is 5.32 Å². The fraction of sp³-hybridized carbons (Fsp3) is 0.500. The van der Waals surface area contributed by atoms with Crippen LogP contribution in [0.3, 0.4) is 0 Å². The van der Waals surface area contributed by atoms with Crippen molar-refractivity contribution >= 4 is 17.8 Å². The molecule has 0 radical (unpaired) electrons. The van der Waals surface area contributed by atoms with E-state index in [0.717, 1.165) is 4.90 Å². The van der Waals surface area contributed by atoms with Crippen LogP contribution in [-0.4, -0.2) is 36.0 Å². The van der Waals surface area contributed by atoms with E-state index in [0.29, 0.717) is 0 Å². The van der Waals surface area contributed by atoms with Gasteiger partial charge in [0.25, 0.3) is 5.91 Å². The summed E-state index contributed by atoms with van der Waals surface area (Å²) in [6, 6.07) is -0.501. The molecular weight excluding hydrogens is 162 g/mol. The zero-order chi connectivity index (χ0) is 9.30. The Labute approximate surface area is 68.9 Å². The molecule has 0 aliphatic carbocycles. The van der Waals surface area contributed by atoms with E-state index in [9.17, 15) is 14.4 Å². The fourth-order valence-electron chi connectivity index (χ4n) is 0.910. The molecular formula is C6H9N3O3. The van der Waals surface area contributed by atoms with Crippen LogP contribution in [-0.2, 0) is 9.59 Å². The average Bonchev–Trinajstić information content (AvgIpc) is 2.16. The Morgan fingerprint density at radius 2 is 2.17 bits per heavy atom. The van der Waals surface area contributed by atoms with Crippen LogP contribution in [0.1, 0.15) is 6.92 Å². The van der Waals surface area contributed by atoms with Crippen molar-refractivity contribution in [1.29, 1.82) is 0 Å². The van der Waals surface area contributed by atoms with E-state index >= 15 is 0 Å². The molecule has 0 aromatic heterocycles. The van der Waals surface area contributed by atoms with Crippen LogP contribution in [0.4, 0.5) is 4.79 Å². The summed E-state index contributed by atoms with van der Waals surface area (Å²) in [6.07, 6.45) is -0.866. The monoisotopic (exact) mass is 171 g/mol. The van der Waals surface area contributed by atoms with Crippen molar-refractivity contribution in [3.8, 4) is 0 Å². The van der Waals surface area contributed by atoms with Crippen molar-refractivity contribution in [2.24, 2.45) is 0 Å². The van der Waals surface area contributed by atoms with Crippen LogP contribution in [0.15, 0.2) is 0 Å². The van der Waals surface area contributed by atoms with Crippen LogP contribution in [0.25, 0.3) is 0 Å². The van der Waals surface area contributed by atoms with Gasteiger partial charge in [0, 0.05) is 14.0 Å². The van der Waals surface area contributed by atoms with Crippen molar-refractivity contribution in [2.75, 3.05) is 7.05 Å². The molecule has 0 saturated carbocycles. The number of hydrogen-bond donors (Lipinski definition) is 2. The molecule has 0 aromatic carbocycles. The minimum Gasteiger partial charge on any atom is -0.328 e. The number of urea groups is 1. The molecule has 1 fully saturated rings. The molecule has 4 amide bonds. The van der Waals surface area contributed by atoms with Crippen molar-refractivity contribution in [1.82, 2.24) is 15.5 Å². The first-order chi connectivity index (χ1) is 5.52. The van der Waals surface area contributed by atoms with Crippen molar-refractivity contribution in [3.63, 3.8) is 0 Å². The summed E-state index contributed by atoms with van der Waals surface area (Å²) >= 11 is 0. The fourth-order valence-corrected chi connectivity index (χ4v) is 0.910. The van der Waals surface area contributed by atoms with E-state index in [-0.39, 0.29) is 5.91 Å². The molecule has 1 aliphatic rings. The molecule has 1 rings (SSSR count). The molecule has 2 N–H and O–H groups in total. The highest BCUT2D eigenvalue weighted by Crippen LogP contribution is 2.01. The van der Waals surface area contributed by atoms with Crippen molar-refractivity contribution in [2.45, 2.75) is 13.1 Å². The molecule has 6 heteroatoms. The Balaban J connectivity index is 2.70. The third-order valence-corrected chi connectivity index (χ3v) is 1.53. The predicted molar refractivity (Wildman–Crippen MR) is 38.9 cm³/mol. The SMILES string of the molecule is CC(=O)NC1C(=O)NC(=O)N1C. The van der Waals surface area contributed by atoms with Gasteiger partial charge in [-0.1, -0.05) is 0 Å². The van der Waals surface area contributed by atoms with Gasteiger partial charge in [0.2, 0.25) is 5.91 Å². The second-order valence-corrected chi connectivity index (χ2v) is 2.51. The minimum atomic E-state index is -0.866. The molecule has 1 saturated heterocycles. The molecule has 1 heterocycles. The number of nitrogens with one attached hydrogen (secondary N) is 2. The smallest absolute Gasteiger partial charge is 0.325 e. The lowest BCUT2D eigenvalue weighted by Gasteiger charge is -2.15. The van der Waals surface area contributed by atoms with Crippen molar-refractivity contribution in [3.05, 3.63) is 0 Å². The van der Waals surface area contributed by atoms with Crippen LogP contribution < -0.4 is 10.6 Å². The third-order valence-electron chi connectivity index (χ3n) is 1.53. The number of amides is 4. The summed E-state index contributed by atoms with van der Waals surface area (Å²) in [7, 11) is 1.43. The molecule has 0 aromatic rings. The largest absolute Gasteiger partial charge is 0.328 e. The van der Waals surface area contributed by atoms with Gasteiger partial charge in [0.05, 0.1) is 0 Å². The number of carbonyl (C=O) groups is 3. The van der Waals surface area contributed by atoms with E-state index in [2.05, 4.69) is 10.6 Å². The minimum absolute atomic E-state index is 0.350. The van der Waals surface area contributed by atoms with E-state index in [1.54, 1.807) is 0 Å². The lowest BCUT2D eigenvalue weighted by molar-refractivity contribution is -0.128. The molecule has 0 spiro atoms. The van der Waals surface area contributed by atoms with Gasteiger partial charge in [-0.25, -0.2) is 4.79 Å². The Bertz CT molecular complexity index is 250. The predicted octanol–water partition coefficient (Wildman–Crippen LogP) is -1.37. The Hall–Kier alpha value is -1.59. The number of likely N-dealkylation sites (N-methyl/N-ethyl adjacent to an activating group) is 1. The first-order valence-electron chi connectivity index (χ1n) is 3.37. The van der Waals surface area contributed by atoms with E-state index in [1.165, 1.54) is 14.0 Å². The van der Waals surface area contributed by atoms with Gasteiger partial charge in [-0.2, -0.15) is 0 Å². The van der Waals surface area contributed by atoms with Gasteiger partial charge in [0.15, 0.2) is 6.17 Å². The summed E-state index contributed by atoms with van der Waals surface area (Å²) in [4.78, 5) is 33.5. The summed E-state index contributed by atoms with van der Waals surface area (Å²) in [5.41, 5.74) is 0. The Morgan fingerprint density at radius 1 is 1.58 bits per heavy atom. The lowest BCUT2D eigenvalue weighted by atomic mass is 10.4. The highest BCUT2D eigenvalue weighted by atomic mass is 16.2. The number of carbonyl (C=O) groups excluding carboxylic acids is 3. The topological polar surface area (TPSA) is 78.5 Å². The van der Waals surface area contributed by atoms with Crippen molar-refractivity contribution < 1.29 is 14.4 Å². The maximum Gasteiger partial charge on any atom is 0.325 e. The number of rotatable bonds is 1. The van der Waals surface area contributed by atoms with Gasteiger partial charge in [-0.15, -0.1) is 0 Å². The summed E-state index contributed by atoms with van der Waals surface area (Å²) in [6.45, 7) is 1.28. The van der Waals surface area contributed by atoms with Crippen LogP contribution in [0.2, 0.25) is 0 Å². The normalized spacial score (nSPS) is 22.5. The van der Waals surface area contributed by atoms with Crippen LogP contribution in [0.5, 0.6) is 0 Å². The third kappa shape index (κ3) is 1.36. The second-order valence-electron chi connectivity index (χ2n) is 2.51. The van der Waals surface area contributed by atoms with Gasteiger partial charge >= 0.3 is 6.03 Å². The van der Waals surface area contributed by atoms with Crippen LogP contribution >= 0.6 is 0 Å². The average molecular weight is 171 g/mol. The molecule has 1 unspecified atom stereocenters. The molecule has 6 nitrogen and oxygen atoms in total. The first kappa shape index (κ1) is 8.51. The highest BCUT2D eigenvalue weighted by molar-refractivity contribution is 6.04. The molecule has 0 bridgehead atoms. The van der Waals surface area contributed by atoms with E-state index < -0.39 is 18.1 Å². The zero-order valence-electron chi connectivity index (χ0n) is 6.75. The second kappa shape index (κ2) is 2.80.